The summed E-state index contributed by atoms with van der Waals surface area (Å²) < 4.78 is 8.56. The average Bonchev–Trinajstić information content (AvgIpc) is 3.75. The summed E-state index contributed by atoms with van der Waals surface area (Å²) in [7, 11) is -1.85. The van der Waals surface area contributed by atoms with Crippen LogP contribution in [0.25, 0.3) is 0 Å². The number of nitrogens with one attached hydrogen (secondary N) is 3. The molecule has 2 fully saturated rings. The third-order valence-corrected chi connectivity index (χ3v) is 19.2. The number of hydrogen-bond donors (Lipinski definition) is 4. The Balaban J connectivity index is 1.15. The number of thioether (sulfide) groups is 2. The number of carboxylic acid groups (broad SMARTS) is 1. The molecule has 3 atom stereocenters. The summed E-state index contributed by atoms with van der Waals surface area (Å²) in [5.41, 5.74) is 2.26. The van der Waals surface area contributed by atoms with Crippen molar-refractivity contribution in [2.75, 3.05) is 24.6 Å². The van der Waals surface area contributed by atoms with Gasteiger partial charge in [-0.05, 0) is 42.5 Å². The third-order valence-electron chi connectivity index (χ3n) is 11.8. The number of fused-ring (bicyclic) bond motifs is 1. The number of amides is 6. The van der Waals surface area contributed by atoms with Gasteiger partial charge in [0, 0.05) is 38.2 Å². The summed E-state index contributed by atoms with van der Waals surface area (Å²) in [5.74, 6) is -4.72. The Morgan fingerprint density at radius 1 is 0.881 bits per heavy atom. The van der Waals surface area contributed by atoms with Gasteiger partial charge in [0.15, 0.2) is 0 Å². The molecule has 0 spiro atoms. The molecule has 3 aliphatic heterocycles. The van der Waals surface area contributed by atoms with Crippen molar-refractivity contribution in [2.24, 2.45) is 7.05 Å². The lowest BCUT2D eigenvalue weighted by atomic mass is 9.94. The van der Waals surface area contributed by atoms with Gasteiger partial charge < -0.3 is 25.2 Å². The molecule has 5 aromatic rings. The minimum absolute atomic E-state index is 0.0559. The summed E-state index contributed by atoms with van der Waals surface area (Å²) in [4.78, 5) is 87.6. The normalized spacial score (nSPS) is 19.1. The van der Waals surface area contributed by atoms with Crippen molar-refractivity contribution in [2.45, 2.75) is 54.6 Å². The van der Waals surface area contributed by atoms with Crippen LogP contribution in [0.3, 0.4) is 0 Å². The number of hydrogen-bond acceptors (Lipinski definition) is 13. The summed E-state index contributed by atoms with van der Waals surface area (Å²) in [6.45, 7) is 6.18. The third kappa shape index (κ3) is 8.99. The summed E-state index contributed by atoms with van der Waals surface area (Å²) in [5, 5.41) is 28.2. The van der Waals surface area contributed by atoms with Gasteiger partial charge in [0.2, 0.25) is 16.7 Å². The zero-order chi connectivity index (χ0) is 47.5. The van der Waals surface area contributed by atoms with Crippen molar-refractivity contribution in [3.63, 3.8) is 0 Å². The first kappa shape index (κ1) is 46.9. The zero-order valence-corrected chi connectivity index (χ0v) is 39.6. The molecule has 1 unspecified atom stereocenters. The minimum Gasteiger partial charge on any atom is -0.477 e. The fourth-order valence-corrected chi connectivity index (χ4v) is 15.1. The Bertz CT molecular complexity index is 2670. The molecule has 21 heteroatoms. The number of urea groups is 1. The van der Waals surface area contributed by atoms with Crippen LogP contribution in [0.4, 0.5) is 4.79 Å². The van der Waals surface area contributed by atoms with Crippen LogP contribution in [-0.2, 0) is 42.1 Å². The van der Waals surface area contributed by atoms with Gasteiger partial charge in [0.1, 0.15) is 17.1 Å². The number of aliphatic carboxylic acids is 1. The molecule has 2 saturated heterocycles. The fraction of sp³-hybridized carbons (Fsp3) is 0.283. The lowest BCUT2D eigenvalue weighted by Crippen LogP contribution is -2.87. The summed E-state index contributed by atoms with van der Waals surface area (Å²) in [6, 6.07) is 34.0. The van der Waals surface area contributed by atoms with Crippen LogP contribution in [0.1, 0.15) is 37.9 Å². The Kier molecular flexibility index (Phi) is 13.5. The molecular weight excluding hydrogens is 913 g/mol. The van der Waals surface area contributed by atoms with Crippen LogP contribution in [0.2, 0.25) is 5.04 Å². The number of aromatic nitrogens is 4. The number of imide groups is 1. The number of piperazine rings is 1. The van der Waals surface area contributed by atoms with Gasteiger partial charge in [-0.3, -0.25) is 29.0 Å². The van der Waals surface area contributed by atoms with Crippen LogP contribution in [0, 0.1) is 0 Å². The number of carboxylic acids is 1. The smallest absolute Gasteiger partial charge is 0.352 e. The van der Waals surface area contributed by atoms with E-state index in [0.717, 1.165) is 25.7 Å². The molecule has 0 bridgehead atoms. The standard InChI is InChI=1S/C46H48N10O8S2Si/c1-45(2,3)67(33-21-13-7-14-22-33,34-23-15-8-16-24-34)64-50-46(41(62)56-36(40(60)61)32(28-65-42(46)56)29-66-44-49-51-52-53(44)4)48-37(57)35(31-19-11-6-12-20-31)47-43(63)55-26-25-54(38(58)39(55)59)27-30-17-9-5-10-18-30/h5-24,35,42,50H,25-29H2,1-4H3,(H,47,63)(H,48,57)(H,60,61)/t35?,42-,46-/m0/s1. The van der Waals surface area contributed by atoms with Gasteiger partial charge in [0.05, 0.1) is 0 Å². The second-order valence-electron chi connectivity index (χ2n) is 17.1. The molecule has 4 aromatic carbocycles. The predicted octanol–water partition coefficient (Wildman–Crippen LogP) is 2.77. The SMILES string of the molecule is Cn1nnnc1SCC1=C(C(=O)O)N2C(=O)[C@@](NO[Si](c3ccccc3)(c3ccccc3)C(C)(C)C)(NC(=O)C(NC(=O)N3CCN(Cc4ccccc4)C(=O)C3=O)c3ccccc3)[C@@H]2SC1. The van der Waals surface area contributed by atoms with Crippen molar-refractivity contribution >= 4 is 77.8 Å². The van der Waals surface area contributed by atoms with Crippen LogP contribution < -0.4 is 26.5 Å². The van der Waals surface area contributed by atoms with Crippen LogP contribution in [0.15, 0.2) is 138 Å². The largest absolute Gasteiger partial charge is 0.477 e. The maximum Gasteiger partial charge on any atom is 0.352 e. The number of rotatable bonds is 15. The van der Waals surface area contributed by atoms with E-state index in [1.165, 1.54) is 33.1 Å². The number of aryl methyl sites for hydroxylation is 1. The van der Waals surface area contributed by atoms with Crippen molar-refractivity contribution < 1.29 is 38.4 Å². The van der Waals surface area contributed by atoms with Gasteiger partial charge in [-0.25, -0.2) is 14.3 Å². The number of hydroxylamine groups is 1. The number of tetrazole rings is 1. The van der Waals surface area contributed by atoms with E-state index in [-0.39, 0.29) is 36.8 Å². The first-order valence-corrected chi connectivity index (χ1v) is 25.2. The molecular formula is C46H48N10O8S2Si. The molecule has 0 aliphatic carbocycles. The molecule has 8 rings (SSSR count). The maximum absolute atomic E-state index is 15.2. The Morgan fingerprint density at radius 3 is 2.04 bits per heavy atom. The van der Waals surface area contributed by atoms with Crippen molar-refractivity contribution in [3.8, 4) is 0 Å². The molecule has 18 nitrogen and oxygen atoms in total. The topological polar surface area (TPSA) is 221 Å². The number of carbonyl (C=O) groups excluding carboxylic acids is 5. The Hall–Kier alpha value is -6.65. The van der Waals surface area contributed by atoms with E-state index in [1.54, 1.807) is 37.4 Å². The number of nitrogens with zero attached hydrogens (tertiary/aromatic N) is 7. The van der Waals surface area contributed by atoms with Gasteiger partial charge >= 0.3 is 23.8 Å². The van der Waals surface area contributed by atoms with E-state index >= 15 is 9.59 Å². The van der Waals surface area contributed by atoms with Gasteiger partial charge in [-0.15, -0.1) is 16.9 Å². The van der Waals surface area contributed by atoms with E-state index in [4.69, 9.17) is 4.53 Å². The van der Waals surface area contributed by atoms with E-state index in [9.17, 15) is 24.3 Å². The summed E-state index contributed by atoms with van der Waals surface area (Å²) in [6.07, 6.45) is 0. The zero-order valence-electron chi connectivity index (χ0n) is 37.0. The molecule has 0 saturated carbocycles. The van der Waals surface area contributed by atoms with Crippen molar-refractivity contribution in [1.82, 2.24) is 51.0 Å². The molecule has 1 aromatic heterocycles. The number of benzene rings is 4. The molecule has 6 amide bonds. The molecule has 4 heterocycles. The van der Waals surface area contributed by atoms with E-state index in [1.807, 2.05) is 112 Å². The number of carbonyl (C=O) groups is 6. The lowest BCUT2D eigenvalue weighted by molar-refractivity contribution is -0.170. The first-order chi connectivity index (χ1) is 32.2. The Morgan fingerprint density at radius 2 is 1.48 bits per heavy atom. The van der Waals surface area contributed by atoms with Gasteiger partial charge in [-0.2, -0.15) is 5.48 Å². The van der Waals surface area contributed by atoms with Crippen LogP contribution in [-0.4, -0.2) is 120 Å². The van der Waals surface area contributed by atoms with Crippen molar-refractivity contribution in [3.05, 3.63) is 144 Å². The minimum atomic E-state index is -3.51. The van der Waals surface area contributed by atoms with Gasteiger partial charge in [-0.1, -0.05) is 154 Å². The highest BCUT2D eigenvalue weighted by atomic mass is 32.2. The number of β-lactam (4-membered cyclic amide) rings is 1. The van der Waals surface area contributed by atoms with E-state index < -0.39 is 66.1 Å². The van der Waals surface area contributed by atoms with Crippen LogP contribution >= 0.6 is 23.5 Å². The fourth-order valence-electron chi connectivity index (χ4n) is 8.50. The van der Waals surface area contributed by atoms with Gasteiger partial charge in [0.25, 0.3) is 14.2 Å². The molecule has 67 heavy (non-hydrogen) atoms. The lowest BCUT2D eigenvalue weighted by Gasteiger charge is -2.58. The highest BCUT2D eigenvalue weighted by Gasteiger charge is 2.68. The Labute approximate surface area is 395 Å². The van der Waals surface area contributed by atoms with E-state index in [2.05, 4.69) is 31.6 Å². The summed E-state index contributed by atoms with van der Waals surface area (Å²) >= 11 is 2.43. The highest BCUT2D eigenvalue weighted by Crippen LogP contribution is 2.47. The maximum atomic E-state index is 15.2. The van der Waals surface area contributed by atoms with Crippen LogP contribution in [0.5, 0.6) is 0 Å². The predicted molar refractivity (Wildman–Crippen MR) is 251 cm³/mol. The second-order valence-corrected chi connectivity index (χ2v) is 23.3. The van der Waals surface area contributed by atoms with Crippen molar-refractivity contribution in [1.29, 1.82) is 0 Å². The molecule has 4 N–H and O–H groups in total. The first-order valence-electron chi connectivity index (χ1n) is 21.3. The molecule has 3 aliphatic rings. The quantitative estimate of drug-likeness (QED) is 0.0296. The monoisotopic (exact) mass is 960 g/mol. The average molecular weight is 961 g/mol. The molecule has 346 valence electrons. The second kappa shape index (κ2) is 19.3. The molecule has 0 radical (unpaired) electrons. The van der Waals surface area contributed by atoms with E-state index in [0.29, 0.717) is 16.3 Å². The highest BCUT2D eigenvalue weighted by molar-refractivity contribution is 8.01.